The van der Waals surface area contributed by atoms with Crippen molar-refractivity contribution < 1.29 is 33.6 Å². The van der Waals surface area contributed by atoms with E-state index in [4.69, 9.17) is 14.9 Å². The van der Waals surface area contributed by atoms with Gasteiger partial charge in [-0.05, 0) is 51.9 Å². The summed E-state index contributed by atoms with van der Waals surface area (Å²) < 4.78 is 15.2. The van der Waals surface area contributed by atoms with Gasteiger partial charge in [0.25, 0.3) is 0 Å². The third kappa shape index (κ3) is 21.7. The number of rotatable bonds is 19. The lowest BCUT2D eigenvalue weighted by molar-refractivity contribution is -0.144. The molecule has 35 heavy (non-hydrogen) atoms. The van der Waals surface area contributed by atoms with Crippen LogP contribution in [-0.2, 0) is 18.7 Å². The summed E-state index contributed by atoms with van der Waals surface area (Å²) in [6.45, 7) is 3.30. The smallest absolute Gasteiger partial charge is 0.469 e. The summed E-state index contributed by atoms with van der Waals surface area (Å²) in [5.41, 5.74) is 0. The molecule has 0 heterocycles. The van der Waals surface area contributed by atoms with Crippen LogP contribution in [0, 0.1) is 0 Å². The molecule has 196 valence electrons. The van der Waals surface area contributed by atoms with Crippen LogP contribution in [0.15, 0.2) is 72.9 Å². The molecule has 0 radical (unpaired) electrons. The van der Waals surface area contributed by atoms with Crippen molar-refractivity contribution in [1.82, 2.24) is 5.32 Å². The molecule has 0 fully saturated rings. The molecule has 0 aromatic rings. The zero-order chi connectivity index (χ0) is 26.4. The number of carbonyl (C=O) groups excluding carboxylic acids is 1. The standard InChI is InChI=1S/C26H40NO7P/c1-3-4-5-6-7-8-9-10-11-12-13-14-15-16-17-18-19-20-21-22-24(28)27-25(26(29)30)23(2)34-35(31,32)33/h4-5,7-8,10-11,13-14,16-17,19-20,23,25H,3,6,9,12,15,18,21-22H2,1-2H3,(H,27,28)(H,29,30)(H2,31,32,33)/b5-4+,8-7+,11-10+,14-13+,17-16+,20-19+/t23-,25+/m0/s1. The fraction of sp³-hybridized carbons (Fsp3) is 0.462. The summed E-state index contributed by atoms with van der Waals surface area (Å²) in [7, 11) is -4.86. The Hall–Kier alpha value is -2.51. The van der Waals surface area contributed by atoms with Crippen LogP contribution in [0.4, 0.5) is 0 Å². The number of amides is 1. The quantitative estimate of drug-likeness (QED) is 0.133. The molecular weight excluding hydrogens is 469 g/mol. The highest BCUT2D eigenvalue weighted by molar-refractivity contribution is 7.46. The first-order valence-corrected chi connectivity index (χ1v) is 13.4. The van der Waals surface area contributed by atoms with Crippen molar-refractivity contribution in [2.45, 2.75) is 77.4 Å². The molecule has 1 amide bonds. The minimum atomic E-state index is -4.86. The molecule has 0 aliphatic heterocycles. The largest absolute Gasteiger partial charge is 0.480 e. The molecule has 0 aliphatic carbocycles. The average Bonchev–Trinajstić information content (AvgIpc) is 2.77. The average molecular weight is 510 g/mol. The van der Waals surface area contributed by atoms with Crippen LogP contribution in [0.25, 0.3) is 0 Å². The number of carbonyl (C=O) groups is 2. The Kier molecular flexibility index (Phi) is 19.3. The van der Waals surface area contributed by atoms with Gasteiger partial charge in [0, 0.05) is 6.42 Å². The first kappa shape index (κ1) is 32.5. The second-order valence-corrected chi connectivity index (χ2v) is 8.83. The van der Waals surface area contributed by atoms with Crippen LogP contribution < -0.4 is 5.32 Å². The predicted octanol–water partition coefficient (Wildman–Crippen LogP) is 5.53. The Morgan fingerprint density at radius 1 is 0.800 bits per heavy atom. The van der Waals surface area contributed by atoms with E-state index in [0.29, 0.717) is 6.42 Å². The number of hydrogen-bond donors (Lipinski definition) is 4. The zero-order valence-corrected chi connectivity index (χ0v) is 21.6. The predicted molar refractivity (Wildman–Crippen MR) is 140 cm³/mol. The number of allylic oxidation sites excluding steroid dienone is 12. The molecular formula is C26H40NO7P. The molecule has 0 spiro atoms. The number of phosphoric acid groups is 1. The second-order valence-electron chi connectivity index (χ2n) is 7.64. The maximum atomic E-state index is 11.9. The highest BCUT2D eigenvalue weighted by Crippen LogP contribution is 2.38. The monoisotopic (exact) mass is 509 g/mol. The molecule has 0 bridgehead atoms. The minimum Gasteiger partial charge on any atom is -0.480 e. The van der Waals surface area contributed by atoms with Crippen LogP contribution in [0.2, 0.25) is 0 Å². The lowest BCUT2D eigenvalue weighted by atomic mass is 10.1. The summed E-state index contributed by atoms with van der Waals surface area (Å²) in [4.78, 5) is 40.7. The van der Waals surface area contributed by atoms with Crippen LogP contribution in [0.3, 0.4) is 0 Å². The molecule has 0 aromatic carbocycles. The molecule has 4 N–H and O–H groups in total. The van der Waals surface area contributed by atoms with Gasteiger partial charge in [-0.1, -0.05) is 79.8 Å². The van der Waals surface area contributed by atoms with Crippen LogP contribution in [-0.4, -0.2) is 38.9 Å². The third-order valence-electron chi connectivity index (χ3n) is 4.49. The highest BCUT2D eigenvalue weighted by atomic mass is 31.2. The van der Waals surface area contributed by atoms with E-state index >= 15 is 0 Å². The molecule has 0 saturated heterocycles. The van der Waals surface area contributed by atoms with Crippen molar-refractivity contribution in [3.05, 3.63) is 72.9 Å². The summed E-state index contributed by atoms with van der Waals surface area (Å²) in [6, 6.07) is -1.56. The molecule has 0 rings (SSSR count). The van der Waals surface area contributed by atoms with Crippen molar-refractivity contribution in [2.75, 3.05) is 0 Å². The maximum Gasteiger partial charge on any atom is 0.469 e. The first-order chi connectivity index (χ1) is 16.7. The lowest BCUT2D eigenvalue weighted by Gasteiger charge is -2.21. The Morgan fingerprint density at radius 2 is 1.20 bits per heavy atom. The van der Waals surface area contributed by atoms with E-state index in [9.17, 15) is 14.2 Å². The topological polar surface area (TPSA) is 133 Å². The van der Waals surface area contributed by atoms with Crippen molar-refractivity contribution in [1.29, 1.82) is 0 Å². The molecule has 0 saturated carbocycles. The van der Waals surface area contributed by atoms with Gasteiger partial charge >= 0.3 is 13.8 Å². The lowest BCUT2D eigenvalue weighted by Crippen LogP contribution is -2.48. The van der Waals surface area contributed by atoms with Gasteiger partial charge in [-0.25, -0.2) is 9.36 Å². The Balaban J connectivity index is 3.99. The number of hydrogen-bond acceptors (Lipinski definition) is 4. The van der Waals surface area contributed by atoms with Crippen LogP contribution in [0.5, 0.6) is 0 Å². The van der Waals surface area contributed by atoms with Crippen LogP contribution >= 0.6 is 7.82 Å². The van der Waals surface area contributed by atoms with Gasteiger partial charge < -0.3 is 20.2 Å². The van der Waals surface area contributed by atoms with Gasteiger partial charge in [-0.3, -0.25) is 9.32 Å². The van der Waals surface area contributed by atoms with Gasteiger partial charge in [0.15, 0.2) is 6.04 Å². The number of phosphoric ester groups is 1. The van der Waals surface area contributed by atoms with E-state index in [0.717, 1.165) is 38.5 Å². The Bertz CT molecular complexity index is 822. The molecule has 0 aromatic heterocycles. The molecule has 9 heteroatoms. The second kappa shape index (κ2) is 20.8. The zero-order valence-electron chi connectivity index (χ0n) is 20.7. The molecule has 0 unspecified atom stereocenters. The van der Waals surface area contributed by atoms with Gasteiger partial charge in [0.2, 0.25) is 5.91 Å². The van der Waals surface area contributed by atoms with Crippen molar-refractivity contribution in [3.8, 4) is 0 Å². The summed E-state index contributed by atoms with van der Waals surface area (Å²) in [5, 5.41) is 11.4. The highest BCUT2D eigenvalue weighted by Gasteiger charge is 2.31. The van der Waals surface area contributed by atoms with E-state index in [1.807, 2.05) is 18.2 Å². The van der Waals surface area contributed by atoms with E-state index in [2.05, 4.69) is 71.4 Å². The van der Waals surface area contributed by atoms with Crippen molar-refractivity contribution >= 4 is 19.7 Å². The van der Waals surface area contributed by atoms with Gasteiger partial charge in [0.1, 0.15) is 0 Å². The summed E-state index contributed by atoms with van der Waals surface area (Å²) >= 11 is 0. The molecule has 2 atom stereocenters. The summed E-state index contributed by atoms with van der Waals surface area (Å²) in [5.74, 6) is -1.98. The molecule has 0 aliphatic rings. The Morgan fingerprint density at radius 3 is 1.57 bits per heavy atom. The van der Waals surface area contributed by atoms with Gasteiger partial charge in [-0.2, -0.15) is 0 Å². The van der Waals surface area contributed by atoms with Crippen molar-refractivity contribution in [2.24, 2.45) is 0 Å². The fourth-order valence-electron chi connectivity index (χ4n) is 2.76. The maximum absolute atomic E-state index is 11.9. The SMILES string of the molecule is CC/C=C/C/C=C/C/C=C/C/C=C/C/C=C/C/C=C/CCC(=O)N[C@@H](C(=O)O)[C@H](C)OP(=O)(O)O. The van der Waals surface area contributed by atoms with E-state index in [1.54, 1.807) is 0 Å². The van der Waals surface area contributed by atoms with E-state index < -0.39 is 31.8 Å². The van der Waals surface area contributed by atoms with E-state index in [1.165, 1.54) is 6.92 Å². The van der Waals surface area contributed by atoms with Crippen molar-refractivity contribution in [3.63, 3.8) is 0 Å². The summed E-state index contributed by atoms with van der Waals surface area (Å²) in [6.07, 6.45) is 29.6. The number of carboxylic acids is 1. The fourth-order valence-corrected chi connectivity index (χ4v) is 3.31. The van der Waals surface area contributed by atoms with Gasteiger partial charge in [0.05, 0.1) is 6.10 Å². The van der Waals surface area contributed by atoms with Crippen LogP contribution in [0.1, 0.15) is 65.2 Å². The third-order valence-corrected chi connectivity index (χ3v) is 5.10. The molecule has 8 nitrogen and oxygen atoms in total. The number of carboxylic acid groups (broad SMARTS) is 1. The number of nitrogens with one attached hydrogen (secondary N) is 1. The minimum absolute atomic E-state index is 0.0502. The normalized spacial score (nSPS) is 14.9. The van der Waals surface area contributed by atoms with E-state index in [-0.39, 0.29) is 6.42 Å². The Labute approximate surface area is 209 Å². The number of aliphatic carboxylic acids is 1. The first-order valence-electron chi connectivity index (χ1n) is 11.8. The van der Waals surface area contributed by atoms with Gasteiger partial charge in [-0.15, -0.1) is 0 Å².